The lowest BCUT2D eigenvalue weighted by atomic mass is 10.2. The summed E-state index contributed by atoms with van der Waals surface area (Å²) in [4.78, 5) is 25.1. The molecule has 1 aromatic carbocycles. The molecule has 2 aromatic heterocycles. The van der Waals surface area contributed by atoms with Gasteiger partial charge in [0.05, 0.1) is 4.88 Å². The number of hydrogen-bond acceptors (Lipinski definition) is 5. The first-order valence-electron chi connectivity index (χ1n) is 9.85. The molecule has 0 saturated heterocycles. The molecule has 0 aliphatic carbocycles. The highest BCUT2D eigenvalue weighted by Crippen LogP contribution is 2.16. The number of carbonyl (C=O) groups excluding carboxylic acids is 2. The molecule has 1 aliphatic rings. The van der Waals surface area contributed by atoms with Crippen molar-refractivity contribution < 1.29 is 9.59 Å². The van der Waals surface area contributed by atoms with Gasteiger partial charge in [0, 0.05) is 37.2 Å². The molecule has 0 radical (unpaired) electrons. The highest BCUT2D eigenvalue weighted by atomic mass is 32.1. The first kappa shape index (κ1) is 19.3. The number of thiophene rings is 1. The van der Waals surface area contributed by atoms with E-state index in [0.29, 0.717) is 29.1 Å². The topological polar surface area (TPSA) is 88.9 Å². The van der Waals surface area contributed by atoms with Crippen LogP contribution in [0.1, 0.15) is 50.9 Å². The second-order valence-electron chi connectivity index (χ2n) is 7.01. The fourth-order valence-corrected chi connectivity index (χ4v) is 4.04. The Kier molecular flexibility index (Phi) is 6.00. The van der Waals surface area contributed by atoms with Crippen LogP contribution in [0.3, 0.4) is 0 Å². The minimum Gasteiger partial charge on any atom is -0.352 e. The molecule has 8 heteroatoms. The molecule has 0 bridgehead atoms. The minimum absolute atomic E-state index is 0.142. The van der Waals surface area contributed by atoms with E-state index < -0.39 is 0 Å². The summed E-state index contributed by atoms with van der Waals surface area (Å²) in [6, 6.07) is 10.5. The number of amides is 2. The lowest BCUT2D eigenvalue weighted by Crippen LogP contribution is -2.26. The second-order valence-corrected chi connectivity index (χ2v) is 7.96. The summed E-state index contributed by atoms with van der Waals surface area (Å²) in [5.41, 5.74) is 1.21. The van der Waals surface area contributed by atoms with Crippen LogP contribution in [-0.2, 0) is 19.4 Å². The number of carbonyl (C=O) groups is 2. The Balaban J connectivity index is 1.29. The van der Waals surface area contributed by atoms with Crippen LogP contribution >= 0.6 is 11.3 Å². The average molecular weight is 410 g/mol. The van der Waals surface area contributed by atoms with Crippen molar-refractivity contribution in [1.82, 2.24) is 20.1 Å². The van der Waals surface area contributed by atoms with Gasteiger partial charge in [-0.25, -0.2) is 0 Å². The Labute approximate surface area is 173 Å². The van der Waals surface area contributed by atoms with E-state index in [1.807, 2.05) is 11.4 Å². The normalized spacial score (nSPS) is 13.4. The van der Waals surface area contributed by atoms with Crippen LogP contribution in [0.25, 0.3) is 0 Å². The van der Waals surface area contributed by atoms with Gasteiger partial charge >= 0.3 is 0 Å². The molecule has 7 nitrogen and oxygen atoms in total. The van der Waals surface area contributed by atoms with E-state index in [9.17, 15) is 9.59 Å². The van der Waals surface area contributed by atoms with Gasteiger partial charge < -0.3 is 15.2 Å². The van der Waals surface area contributed by atoms with Gasteiger partial charge in [-0.15, -0.1) is 21.5 Å². The first-order chi connectivity index (χ1) is 14.2. The largest absolute Gasteiger partial charge is 0.352 e. The van der Waals surface area contributed by atoms with Crippen molar-refractivity contribution in [2.75, 3.05) is 11.9 Å². The molecular formula is C21H23N5O2S. The summed E-state index contributed by atoms with van der Waals surface area (Å²) in [7, 11) is 0. The maximum absolute atomic E-state index is 12.4. The third-order valence-electron chi connectivity index (χ3n) is 4.97. The van der Waals surface area contributed by atoms with Crippen molar-refractivity contribution in [2.24, 2.45) is 0 Å². The van der Waals surface area contributed by atoms with Gasteiger partial charge in [-0.3, -0.25) is 9.59 Å². The zero-order valence-electron chi connectivity index (χ0n) is 16.1. The molecule has 2 N–H and O–H groups in total. The van der Waals surface area contributed by atoms with Crippen molar-refractivity contribution in [3.63, 3.8) is 0 Å². The van der Waals surface area contributed by atoms with E-state index in [1.54, 1.807) is 30.3 Å². The molecule has 0 atom stereocenters. The number of hydrogen-bond donors (Lipinski definition) is 2. The predicted octanol–water partition coefficient (Wildman–Crippen LogP) is 3.29. The van der Waals surface area contributed by atoms with Crippen molar-refractivity contribution in [3.05, 3.63) is 63.9 Å². The number of nitrogens with one attached hydrogen (secondary N) is 2. The van der Waals surface area contributed by atoms with E-state index in [2.05, 4.69) is 25.4 Å². The molecule has 1 aliphatic heterocycles. The lowest BCUT2D eigenvalue weighted by molar-refractivity contribution is 0.0953. The summed E-state index contributed by atoms with van der Waals surface area (Å²) >= 11 is 1.39. The van der Waals surface area contributed by atoms with E-state index in [0.717, 1.165) is 31.0 Å². The van der Waals surface area contributed by atoms with Crippen LogP contribution < -0.4 is 10.6 Å². The third kappa shape index (κ3) is 4.71. The molecule has 150 valence electrons. The summed E-state index contributed by atoms with van der Waals surface area (Å²) in [5, 5.41) is 16.2. The van der Waals surface area contributed by atoms with E-state index in [-0.39, 0.29) is 11.8 Å². The van der Waals surface area contributed by atoms with Crippen LogP contribution in [0.2, 0.25) is 0 Å². The van der Waals surface area contributed by atoms with Crippen molar-refractivity contribution in [1.29, 1.82) is 0 Å². The quantitative estimate of drug-likeness (QED) is 0.654. The van der Waals surface area contributed by atoms with Gasteiger partial charge in [-0.1, -0.05) is 12.5 Å². The Morgan fingerprint density at radius 2 is 1.90 bits per heavy atom. The van der Waals surface area contributed by atoms with Crippen molar-refractivity contribution in [3.8, 4) is 0 Å². The van der Waals surface area contributed by atoms with Gasteiger partial charge in [0.15, 0.2) is 0 Å². The molecule has 4 rings (SSSR count). The van der Waals surface area contributed by atoms with E-state index >= 15 is 0 Å². The van der Waals surface area contributed by atoms with Crippen molar-refractivity contribution in [2.45, 2.75) is 38.6 Å². The average Bonchev–Trinajstić information content (AvgIpc) is 3.34. The van der Waals surface area contributed by atoms with Gasteiger partial charge in [0.2, 0.25) is 0 Å². The highest BCUT2D eigenvalue weighted by molar-refractivity contribution is 7.12. The number of benzene rings is 1. The molecule has 3 aromatic rings. The molecule has 0 unspecified atom stereocenters. The zero-order chi connectivity index (χ0) is 20.1. The Morgan fingerprint density at radius 3 is 2.69 bits per heavy atom. The number of aromatic nitrogens is 3. The Hall–Kier alpha value is -3.00. The first-order valence-corrected chi connectivity index (χ1v) is 10.7. The molecule has 2 amide bonds. The second kappa shape index (κ2) is 9.00. The number of anilines is 1. The standard InChI is InChI=1S/C21H23N5O2S/c27-20(22-12-11-19-25-24-18-6-2-1-3-13-26(18)19)15-7-9-16(10-8-15)23-21(28)17-5-4-14-29-17/h4-5,7-10,14H,1-3,6,11-13H2,(H,22,27)(H,23,28). The molecule has 3 heterocycles. The van der Waals surface area contributed by atoms with Gasteiger partial charge in [-0.05, 0) is 48.6 Å². The van der Waals surface area contributed by atoms with Crippen LogP contribution in [-0.4, -0.2) is 33.1 Å². The highest BCUT2D eigenvalue weighted by Gasteiger charge is 2.15. The van der Waals surface area contributed by atoms with Gasteiger partial charge in [0.1, 0.15) is 11.6 Å². The lowest BCUT2D eigenvalue weighted by Gasteiger charge is -2.09. The van der Waals surface area contributed by atoms with E-state index in [4.69, 9.17) is 0 Å². The van der Waals surface area contributed by atoms with Crippen molar-refractivity contribution >= 4 is 28.8 Å². The Bertz CT molecular complexity index is 979. The summed E-state index contributed by atoms with van der Waals surface area (Å²) in [6.45, 7) is 1.47. The maximum atomic E-state index is 12.4. The predicted molar refractivity (Wildman–Crippen MR) is 112 cm³/mol. The van der Waals surface area contributed by atoms with Gasteiger partial charge in [-0.2, -0.15) is 0 Å². The minimum atomic E-state index is -0.148. The Morgan fingerprint density at radius 1 is 1.03 bits per heavy atom. The SMILES string of the molecule is O=C(NCCc1nnc2n1CCCCC2)c1ccc(NC(=O)c2cccs2)cc1. The molecule has 0 saturated carbocycles. The molecular weight excluding hydrogens is 386 g/mol. The summed E-state index contributed by atoms with van der Waals surface area (Å²) in [6.07, 6.45) is 5.18. The summed E-state index contributed by atoms with van der Waals surface area (Å²) < 4.78 is 2.20. The monoisotopic (exact) mass is 409 g/mol. The number of rotatable bonds is 6. The fourth-order valence-electron chi connectivity index (χ4n) is 3.43. The van der Waals surface area contributed by atoms with Gasteiger partial charge in [0.25, 0.3) is 11.8 Å². The van der Waals surface area contributed by atoms with Crippen LogP contribution in [0, 0.1) is 0 Å². The number of fused-ring (bicyclic) bond motifs is 1. The molecule has 29 heavy (non-hydrogen) atoms. The number of nitrogens with zero attached hydrogens (tertiary/aromatic N) is 3. The van der Waals surface area contributed by atoms with Crippen LogP contribution in [0.5, 0.6) is 0 Å². The maximum Gasteiger partial charge on any atom is 0.265 e. The molecule has 0 fully saturated rings. The van der Waals surface area contributed by atoms with E-state index in [1.165, 1.54) is 24.2 Å². The molecule has 0 spiro atoms. The zero-order valence-corrected chi connectivity index (χ0v) is 16.9. The van der Waals surface area contributed by atoms with Crippen LogP contribution in [0.4, 0.5) is 5.69 Å². The summed E-state index contributed by atoms with van der Waals surface area (Å²) in [5.74, 6) is 1.71. The van der Waals surface area contributed by atoms with Crippen LogP contribution in [0.15, 0.2) is 41.8 Å². The number of aryl methyl sites for hydroxylation is 1. The fraction of sp³-hybridized carbons (Fsp3) is 0.333. The smallest absolute Gasteiger partial charge is 0.265 e. The third-order valence-corrected chi connectivity index (χ3v) is 5.84.